The Morgan fingerprint density at radius 3 is 2.26 bits per heavy atom. The van der Waals surface area contributed by atoms with E-state index in [0.29, 0.717) is 12.2 Å². The Bertz CT molecular complexity index is 1290. The molecule has 0 aliphatic rings. The number of ether oxygens (including phenoxy) is 1. The molecule has 4 aromatic rings. The quantitative estimate of drug-likeness (QED) is 0.191. The number of benzene rings is 4. The van der Waals surface area contributed by atoms with Gasteiger partial charge < -0.3 is 4.74 Å². The Kier molecular flexibility index (Phi) is 6.56. The standard InChI is InChI=1S/C27H19Br2NO/c1-18-6-9-22(10-7-18)24(16-30)13-20-14-25(28)27(26(29)15-20)31-17-19-8-11-21-4-2-3-5-23(21)12-19/h2-15H,17H2,1H3/b24-13-. The molecule has 4 aromatic carbocycles. The molecule has 152 valence electrons. The fourth-order valence-corrected chi connectivity index (χ4v) is 4.82. The zero-order valence-corrected chi connectivity index (χ0v) is 20.1. The highest BCUT2D eigenvalue weighted by molar-refractivity contribution is 9.11. The summed E-state index contributed by atoms with van der Waals surface area (Å²) in [4.78, 5) is 0. The summed E-state index contributed by atoms with van der Waals surface area (Å²) in [6.07, 6.45) is 1.88. The number of aryl methyl sites for hydroxylation is 1. The Balaban J connectivity index is 1.56. The maximum Gasteiger partial charge on any atom is 0.148 e. The van der Waals surface area contributed by atoms with Crippen LogP contribution < -0.4 is 4.74 Å². The third kappa shape index (κ3) is 5.07. The van der Waals surface area contributed by atoms with Crippen LogP contribution in [0.2, 0.25) is 0 Å². The molecule has 0 unspecified atom stereocenters. The molecule has 0 aliphatic carbocycles. The van der Waals surface area contributed by atoms with Crippen molar-refractivity contribution in [2.75, 3.05) is 0 Å². The molecule has 0 aromatic heterocycles. The molecule has 2 nitrogen and oxygen atoms in total. The zero-order valence-electron chi connectivity index (χ0n) is 16.9. The molecule has 0 N–H and O–H groups in total. The first-order valence-corrected chi connectivity index (χ1v) is 11.4. The van der Waals surface area contributed by atoms with E-state index in [1.165, 1.54) is 16.3 Å². The predicted molar refractivity (Wildman–Crippen MR) is 135 cm³/mol. The second-order valence-corrected chi connectivity index (χ2v) is 9.03. The smallest absolute Gasteiger partial charge is 0.148 e. The number of fused-ring (bicyclic) bond motifs is 1. The molecule has 0 amide bonds. The van der Waals surface area contributed by atoms with Crippen molar-refractivity contribution in [3.05, 3.63) is 110 Å². The first-order chi connectivity index (χ1) is 15.0. The number of hydrogen-bond acceptors (Lipinski definition) is 2. The fraction of sp³-hybridized carbons (Fsp3) is 0.0741. The van der Waals surface area contributed by atoms with E-state index < -0.39 is 0 Å². The van der Waals surface area contributed by atoms with Crippen LogP contribution in [0.5, 0.6) is 5.75 Å². The third-order valence-electron chi connectivity index (χ3n) is 5.01. The number of nitriles is 1. The minimum absolute atomic E-state index is 0.462. The topological polar surface area (TPSA) is 33.0 Å². The van der Waals surface area contributed by atoms with Crippen molar-refractivity contribution in [3.8, 4) is 11.8 Å². The Morgan fingerprint density at radius 2 is 1.58 bits per heavy atom. The molecule has 4 heteroatoms. The van der Waals surface area contributed by atoms with Crippen molar-refractivity contribution in [1.82, 2.24) is 0 Å². The first-order valence-electron chi connectivity index (χ1n) is 9.82. The highest BCUT2D eigenvalue weighted by Gasteiger charge is 2.10. The van der Waals surface area contributed by atoms with Gasteiger partial charge in [-0.1, -0.05) is 66.2 Å². The Labute approximate surface area is 199 Å². The number of allylic oxidation sites excluding steroid dienone is 1. The van der Waals surface area contributed by atoms with Crippen LogP contribution in [0.3, 0.4) is 0 Å². The van der Waals surface area contributed by atoms with Crippen molar-refractivity contribution < 1.29 is 4.74 Å². The highest BCUT2D eigenvalue weighted by atomic mass is 79.9. The second-order valence-electron chi connectivity index (χ2n) is 7.32. The summed E-state index contributed by atoms with van der Waals surface area (Å²) in [6, 6.07) is 28.8. The lowest BCUT2D eigenvalue weighted by Crippen LogP contribution is -1.97. The van der Waals surface area contributed by atoms with Gasteiger partial charge in [-0.2, -0.15) is 5.26 Å². The molecule has 0 bridgehead atoms. The van der Waals surface area contributed by atoms with Crippen LogP contribution in [0, 0.1) is 18.3 Å². The SMILES string of the molecule is Cc1ccc(/C(C#N)=C\c2cc(Br)c(OCc3ccc4ccccc4c3)c(Br)c2)cc1. The minimum atomic E-state index is 0.462. The van der Waals surface area contributed by atoms with Gasteiger partial charge in [0.25, 0.3) is 0 Å². The monoisotopic (exact) mass is 531 g/mol. The normalized spacial score (nSPS) is 11.4. The molecule has 0 atom stereocenters. The van der Waals surface area contributed by atoms with Crippen LogP contribution in [0.25, 0.3) is 22.4 Å². The molecule has 0 fully saturated rings. The van der Waals surface area contributed by atoms with Gasteiger partial charge >= 0.3 is 0 Å². The number of rotatable bonds is 5. The van der Waals surface area contributed by atoms with Crippen LogP contribution in [0.1, 0.15) is 22.3 Å². The lowest BCUT2D eigenvalue weighted by molar-refractivity contribution is 0.302. The first kappa shape index (κ1) is 21.4. The Hall–Kier alpha value is -2.87. The van der Waals surface area contributed by atoms with Crippen LogP contribution in [0.15, 0.2) is 87.8 Å². The van der Waals surface area contributed by atoms with Crippen molar-refractivity contribution >= 4 is 54.3 Å². The summed E-state index contributed by atoms with van der Waals surface area (Å²) in [5.41, 5.74) is 4.70. The maximum atomic E-state index is 9.62. The molecule has 4 rings (SSSR count). The average molecular weight is 533 g/mol. The molecule has 31 heavy (non-hydrogen) atoms. The summed E-state index contributed by atoms with van der Waals surface area (Å²) in [5, 5.41) is 12.0. The molecule has 0 saturated carbocycles. The van der Waals surface area contributed by atoms with E-state index in [4.69, 9.17) is 4.74 Å². The summed E-state index contributed by atoms with van der Waals surface area (Å²) in [6.45, 7) is 2.49. The molecule has 0 spiro atoms. The van der Waals surface area contributed by atoms with Gasteiger partial charge in [0, 0.05) is 0 Å². The average Bonchev–Trinajstić information content (AvgIpc) is 2.77. The highest BCUT2D eigenvalue weighted by Crippen LogP contribution is 2.36. The van der Waals surface area contributed by atoms with E-state index in [-0.39, 0.29) is 0 Å². The van der Waals surface area contributed by atoms with Crippen molar-refractivity contribution in [1.29, 1.82) is 5.26 Å². The number of halogens is 2. The van der Waals surface area contributed by atoms with E-state index in [9.17, 15) is 5.26 Å². The molecular formula is C27H19Br2NO. The minimum Gasteiger partial charge on any atom is -0.487 e. The Morgan fingerprint density at radius 1 is 0.903 bits per heavy atom. The zero-order chi connectivity index (χ0) is 21.8. The van der Waals surface area contributed by atoms with Gasteiger partial charge in [-0.05, 0) is 90.5 Å². The largest absolute Gasteiger partial charge is 0.487 e. The second kappa shape index (κ2) is 9.51. The molecule has 0 saturated heterocycles. The van der Waals surface area contributed by atoms with Gasteiger partial charge in [0.1, 0.15) is 12.4 Å². The van der Waals surface area contributed by atoms with E-state index in [2.05, 4.69) is 68.3 Å². The van der Waals surface area contributed by atoms with Crippen LogP contribution >= 0.6 is 31.9 Å². The lowest BCUT2D eigenvalue weighted by atomic mass is 10.0. The number of nitrogens with zero attached hydrogens (tertiary/aromatic N) is 1. The maximum absolute atomic E-state index is 9.62. The van der Waals surface area contributed by atoms with Crippen LogP contribution in [0.4, 0.5) is 0 Å². The van der Waals surface area contributed by atoms with Crippen molar-refractivity contribution in [2.24, 2.45) is 0 Å². The van der Waals surface area contributed by atoms with E-state index in [0.717, 1.165) is 31.4 Å². The van der Waals surface area contributed by atoms with E-state index >= 15 is 0 Å². The summed E-state index contributed by atoms with van der Waals surface area (Å²) in [5.74, 6) is 0.735. The van der Waals surface area contributed by atoms with Gasteiger partial charge in [-0.25, -0.2) is 0 Å². The van der Waals surface area contributed by atoms with Gasteiger partial charge in [-0.3, -0.25) is 0 Å². The van der Waals surface area contributed by atoms with Gasteiger partial charge in [0.05, 0.1) is 20.6 Å². The van der Waals surface area contributed by atoms with Crippen LogP contribution in [-0.2, 0) is 6.61 Å². The molecule has 0 aliphatic heterocycles. The summed E-state index contributed by atoms with van der Waals surface area (Å²) < 4.78 is 7.76. The van der Waals surface area contributed by atoms with Gasteiger partial charge in [-0.15, -0.1) is 0 Å². The van der Waals surface area contributed by atoms with Crippen molar-refractivity contribution in [3.63, 3.8) is 0 Å². The lowest BCUT2D eigenvalue weighted by Gasteiger charge is -2.12. The van der Waals surface area contributed by atoms with Crippen molar-refractivity contribution in [2.45, 2.75) is 13.5 Å². The fourth-order valence-electron chi connectivity index (χ4n) is 3.36. The van der Waals surface area contributed by atoms with E-state index in [1.54, 1.807) is 0 Å². The number of hydrogen-bond donors (Lipinski definition) is 0. The predicted octanol–water partition coefficient (Wildman–Crippen LogP) is 8.32. The summed E-state index contributed by atoms with van der Waals surface area (Å²) >= 11 is 7.24. The third-order valence-corrected chi connectivity index (χ3v) is 6.19. The van der Waals surface area contributed by atoms with E-state index in [1.807, 2.05) is 61.5 Å². The molecule has 0 radical (unpaired) electrons. The van der Waals surface area contributed by atoms with Crippen LogP contribution in [-0.4, -0.2) is 0 Å². The summed E-state index contributed by atoms with van der Waals surface area (Å²) in [7, 11) is 0. The van der Waals surface area contributed by atoms with Gasteiger partial charge in [0.15, 0.2) is 0 Å². The molecular weight excluding hydrogens is 514 g/mol. The molecule has 0 heterocycles. The van der Waals surface area contributed by atoms with Gasteiger partial charge in [0.2, 0.25) is 0 Å².